The van der Waals surface area contributed by atoms with Crippen molar-refractivity contribution in [3.8, 4) is 16.8 Å². The van der Waals surface area contributed by atoms with Crippen LogP contribution in [-0.2, 0) is 18.1 Å². The first kappa shape index (κ1) is 34.6. The standard InChI is InChI=1S/C37H35F4N9O2/c1-25(2)49-19-20-50(35(49)51)31-11-9-30(10-12-31)47-17-15-46(16-18-47)29-7-3-26(4-8-29)27-5-14-34(42-22-27)37(40,41)36(52,23-48-24-43-44-45-48)32-13-6-28(38)21-33(32)39/h3-14,19-22,24-25,52H,15-18,23H2,1-2H3. The molecule has 1 aliphatic rings. The summed E-state index contributed by atoms with van der Waals surface area (Å²) in [7, 11) is 0. The fraction of sp³-hybridized carbons (Fsp3) is 0.270. The van der Waals surface area contributed by atoms with Gasteiger partial charge in [0.05, 0.1) is 12.2 Å². The molecule has 3 aromatic heterocycles. The molecular formula is C37H35F4N9O2. The molecule has 7 rings (SSSR count). The van der Waals surface area contributed by atoms with Gasteiger partial charge in [-0.05, 0) is 84.4 Å². The minimum absolute atomic E-state index is 0.0696. The number of hydrogen-bond acceptors (Lipinski definition) is 8. The van der Waals surface area contributed by atoms with Gasteiger partial charge in [-0.15, -0.1) is 5.10 Å². The normalized spacial score (nSPS) is 14.9. The molecular weight excluding hydrogens is 678 g/mol. The third-order valence-electron chi connectivity index (χ3n) is 9.46. The SMILES string of the molecule is CC(C)n1ccn(-c2ccc(N3CCN(c4ccc(-c5ccc(C(F)(F)C(O)(Cn6cnnn6)c6ccc(F)cc6F)nc5)cc4)CC3)cc2)c1=O. The Morgan fingerprint density at radius 1 is 0.808 bits per heavy atom. The number of anilines is 2. The van der Waals surface area contributed by atoms with Gasteiger partial charge >= 0.3 is 11.6 Å². The molecule has 268 valence electrons. The molecule has 0 amide bonds. The minimum Gasteiger partial charge on any atom is -0.377 e. The highest BCUT2D eigenvalue weighted by atomic mass is 19.3. The third-order valence-corrected chi connectivity index (χ3v) is 9.46. The zero-order valence-electron chi connectivity index (χ0n) is 28.3. The lowest BCUT2D eigenvalue weighted by atomic mass is 9.84. The highest BCUT2D eigenvalue weighted by Crippen LogP contribution is 2.47. The van der Waals surface area contributed by atoms with E-state index in [1.807, 2.05) is 62.4 Å². The molecule has 1 aliphatic heterocycles. The monoisotopic (exact) mass is 713 g/mol. The number of hydrogen-bond donors (Lipinski definition) is 1. The molecule has 3 aromatic carbocycles. The molecule has 1 atom stereocenters. The Kier molecular flexibility index (Phi) is 9.13. The lowest BCUT2D eigenvalue weighted by Gasteiger charge is -2.37. The van der Waals surface area contributed by atoms with Gasteiger partial charge in [-0.2, -0.15) is 8.78 Å². The fourth-order valence-electron chi connectivity index (χ4n) is 6.52. The summed E-state index contributed by atoms with van der Waals surface area (Å²) >= 11 is 0. The summed E-state index contributed by atoms with van der Waals surface area (Å²) < 4.78 is 65.0. The summed E-state index contributed by atoms with van der Waals surface area (Å²) in [6.45, 7) is 6.17. The van der Waals surface area contributed by atoms with E-state index in [4.69, 9.17) is 0 Å². The van der Waals surface area contributed by atoms with E-state index >= 15 is 8.78 Å². The maximum Gasteiger partial charge on any atom is 0.332 e. The van der Waals surface area contributed by atoms with E-state index in [0.29, 0.717) is 11.6 Å². The number of nitrogens with zero attached hydrogens (tertiary/aromatic N) is 9. The molecule has 1 fully saturated rings. The van der Waals surface area contributed by atoms with Crippen molar-refractivity contribution < 1.29 is 22.7 Å². The van der Waals surface area contributed by atoms with Crippen LogP contribution in [0.2, 0.25) is 0 Å². The molecule has 6 aromatic rings. The second-order valence-electron chi connectivity index (χ2n) is 13.0. The van der Waals surface area contributed by atoms with Crippen molar-refractivity contribution in [2.45, 2.75) is 38.0 Å². The maximum absolute atomic E-state index is 16.1. The summed E-state index contributed by atoms with van der Waals surface area (Å²) in [5.74, 6) is -6.49. The van der Waals surface area contributed by atoms with Crippen molar-refractivity contribution in [2.75, 3.05) is 36.0 Å². The molecule has 0 saturated carbocycles. The average molecular weight is 714 g/mol. The topological polar surface area (TPSA) is 110 Å². The van der Waals surface area contributed by atoms with E-state index in [0.717, 1.165) is 78.0 Å². The highest BCUT2D eigenvalue weighted by molar-refractivity contribution is 5.66. The van der Waals surface area contributed by atoms with Gasteiger partial charge in [-0.25, -0.2) is 18.3 Å². The number of piperazine rings is 1. The average Bonchev–Trinajstić information content (AvgIpc) is 3.81. The summed E-state index contributed by atoms with van der Waals surface area (Å²) in [5.41, 5.74) is -0.745. The van der Waals surface area contributed by atoms with Gasteiger partial charge in [0.1, 0.15) is 23.7 Å². The molecule has 0 bridgehead atoms. The predicted octanol–water partition coefficient (Wildman–Crippen LogP) is 5.55. The van der Waals surface area contributed by atoms with Crippen LogP contribution >= 0.6 is 0 Å². The molecule has 4 heterocycles. The minimum atomic E-state index is -4.15. The molecule has 11 nitrogen and oxygen atoms in total. The van der Waals surface area contributed by atoms with E-state index in [1.165, 1.54) is 12.3 Å². The summed E-state index contributed by atoms with van der Waals surface area (Å²) in [6, 6.07) is 20.2. The maximum atomic E-state index is 16.1. The molecule has 0 radical (unpaired) electrons. The van der Waals surface area contributed by atoms with Gasteiger partial charge in [0.2, 0.25) is 0 Å². The number of benzene rings is 3. The van der Waals surface area contributed by atoms with E-state index in [9.17, 15) is 18.7 Å². The Balaban J connectivity index is 1.02. The van der Waals surface area contributed by atoms with Crippen LogP contribution in [0.3, 0.4) is 0 Å². The Bertz CT molecular complexity index is 2200. The summed E-state index contributed by atoms with van der Waals surface area (Å²) in [4.78, 5) is 21.3. The summed E-state index contributed by atoms with van der Waals surface area (Å²) in [6.07, 6.45) is 5.84. The van der Waals surface area contributed by atoms with Gasteiger partial charge in [-0.1, -0.05) is 18.2 Å². The summed E-state index contributed by atoms with van der Waals surface area (Å²) in [5, 5.41) is 21.8. The van der Waals surface area contributed by atoms with Crippen molar-refractivity contribution in [1.82, 2.24) is 34.3 Å². The number of aliphatic hydroxyl groups is 1. The van der Waals surface area contributed by atoms with E-state index in [-0.39, 0.29) is 11.7 Å². The van der Waals surface area contributed by atoms with Crippen LogP contribution in [0.1, 0.15) is 31.1 Å². The Morgan fingerprint density at radius 3 is 1.96 bits per heavy atom. The molecule has 1 N–H and O–H groups in total. The number of halogens is 4. The first-order valence-electron chi connectivity index (χ1n) is 16.7. The van der Waals surface area contributed by atoms with Gasteiger partial charge in [0.25, 0.3) is 0 Å². The molecule has 0 aliphatic carbocycles. The van der Waals surface area contributed by atoms with E-state index in [1.54, 1.807) is 21.5 Å². The third kappa shape index (κ3) is 6.43. The predicted molar refractivity (Wildman–Crippen MR) is 186 cm³/mol. The zero-order chi connectivity index (χ0) is 36.6. The Hall–Kier alpha value is -5.83. The van der Waals surface area contributed by atoms with Crippen LogP contribution in [0.15, 0.2) is 109 Å². The number of aromatic nitrogens is 7. The van der Waals surface area contributed by atoms with Crippen molar-refractivity contribution in [1.29, 1.82) is 0 Å². The van der Waals surface area contributed by atoms with Crippen LogP contribution < -0.4 is 15.5 Å². The quantitative estimate of drug-likeness (QED) is 0.184. The van der Waals surface area contributed by atoms with Crippen LogP contribution in [0.25, 0.3) is 16.8 Å². The van der Waals surface area contributed by atoms with Crippen molar-refractivity contribution in [3.63, 3.8) is 0 Å². The highest BCUT2D eigenvalue weighted by Gasteiger charge is 2.58. The first-order valence-corrected chi connectivity index (χ1v) is 16.7. The lowest BCUT2D eigenvalue weighted by Crippen LogP contribution is -2.48. The lowest BCUT2D eigenvalue weighted by molar-refractivity contribution is -0.207. The van der Waals surface area contributed by atoms with Gasteiger partial charge < -0.3 is 14.9 Å². The van der Waals surface area contributed by atoms with Crippen LogP contribution in [0, 0.1) is 11.6 Å². The fourth-order valence-corrected chi connectivity index (χ4v) is 6.52. The van der Waals surface area contributed by atoms with Crippen LogP contribution in [0.5, 0.6) is 0 Å². The second-order valence-corrected chi connectivity index (χ2v) is 13.0. The number of imidazole rings is 1. The molecule has 1 unspecified atom stereocenters. The smallest absolute Gasteiger partial charge is 0.332 e. The van der Waals surface area contributed by atoms with E-state index in [2.05, 4.69) is 30.3 Å². The first-order chi connectivity index (χ1) is 24.9. The second kappa shape index (κ2) is 13.7. The Morgan fingerprint density at radius 2 is 1.42 bits per heavy atom. The Labute approximate surface area is 296 Å². The van der Waals surface area contributed by atoms with Crippen molar-refractivity contribution >= 4 is 11.4 Å². The van der Waals surface area contributed by atoms with Crippen molar-refractivity contribution in [2.24, 2.45) is 0 Å². The van der Waals surface area contributed by atoms with Gasteiger partial charge in [0, 0.05) is 79.4 Å². The van der Waals surface area contributed by atoms with E-state index < -0.39 is 41.0 Å². The largest absolute Gasteiger partial charge is 0.377 e. The van der Waals surface area contributed by atoms with Crippen LogP contribution in [0.4, 0.5) is 28.9 Å². The molecule has 0 spiro atoms. The van der Waals surface area contributed by atoms with Gasteiger partial charge in [0.15, 0.2) is 5.60 Å². The number of tetrazole rings is 1. The molecule has 15 heteroatoms. The number of pyridine rings is 1. The van der Waals surface area contributed by atoms with Gasteiger partial charge in [-0.3, -0.25) is 14.1 Å². The van der Waals surface area contributed by atoms with Crippen LogP contribution in [-0.4, -0.2) is 65.6 Å². The number of rotatable bonds is 10. The number of alkyl halides is 2. The molecule has 52 heavy (non-hydrogen) atoms. The van der Waals surface area contributed by atoms with Crippen molar-refractivity contribution in [3.05, 3.63) is 137 Å². The molecule has 1 saturated heterocycles. The zero-order valence-corrected chi connectivity index (χ0v) is 28.3.